The lowest BCUT2D eigenvalue weighted by atomic mass is 10.3. The minimum Gasteiger partial charge on any atom is -0.497 e. The summed E-state index contributed by atoms with van der Waals surface area (Å²) in [5.74, 6) is 1.09. The molecule has 0 radical (unpaired) electrons. The first-order valence-corrected chi connectivity index (χ1v) is 9.48. The third-order valence-corrected chi connectivity index (χ3v) is 5.51. The zero-order chi connectivity index (χ0) is 17.6. The van der Waals surface area contributed by atoms with Gasteiger partial charge in [-0.05, 0) is 42.5 Å². The predicted molar refractivity (Wildman–Crippen MR) is 102 cm³/mol. The Morgan fingerprint density at radius 2 is 2.04 bits per heavy atom. The summed E-state index contributed by atoms with van der Waals surface area (Å²) in [6.45, 7) is 0. The standard InChI is InChI=1S/C17H14ClN3O2S2/c1-23-13-7-5-12(6-8-13)19-16(22)17-21-20-15(25-17)10-24-14-4-2-3-11(18)9-14/h2-9H,10H2,1H3,(H,19,22). The Morgan fingerprint density at radius 3 is 2.76 bits per heavy atom. The highest BCUT2D eigenvalue weighted by molar-refractivity contribution is 7.98. The largest absolute Gasteiger partial charge is 0.497 e. The highest BCUT2D eigenvalue weighted by atomic mass is 35.5. The average molecular weight is 392 g/mol. The molecule has 3 aromatic rings. The topological polar surface area (TPSA) is 64.1 Å². The molecule has 0 saturated heterocycles. The lowest BCUT2D eigenvalue weighted by Gasteiger charge is -2.03. The van der Waals surface area contributed by atoms with Gasteiger partial charge in [0.15, 0.2) is 0 Å². The number of halogens is 1. The maximum atomic E-state index is 12.2. The second-order valence-electron chi connectivity index (χ2n) is 4.93. The highest BCUT2D eigenvalue weighted by Gasteiger charge is 2.13. The Kier molecular flexibility index (Phi) is 5.91. The van der Waals surface area contributed by atoms with Crippen LogP contribution >= 0.6 is 34.7 Å². The molecule has 25 heavy (non-hydrogen) atoms. The number of benzene rings is 2. The molecule has 1 aromatic heterocycles. The van der Waals surface area contributed by atoms with Crippen LogP contribution in [0.25, 0.3) is 0 Å². The Morgan fingerprint density at radius 1 is 1.24 bits per heavy atom. The molecule has 0 saturated carbocycles. The minimum atomic E-state index is -0.276. The van der Waals surface area contributed by atoms with Crippen molar-refractivity contribution in [3.63, 3.8) is 0 Å². The molecule has 128 valence electrons. The predicted octanol–water partition coefficient (Wildman–Crippen LogP) is 4.74. The first-order valence-electron chi connectivity index (χ1n) is 7.30. The van der Waals surface area contributed by atoms with Gasteiger partial charge in [-0.1, -0.05) is 29.0 Å². The summed E-state index contributed by atoms with van der Waals surface area (Å²) in [5.41, 5.74) is 0.677. The molecule has 0 aliphatic rings. The first-order chi connectivity index (χ1) is 12.1. The van der Waals surface area contributed by atoms with E-state index in [1.807, 2.05) is 24.3 Å². The van der Waals surface area contributed by atoms with E-state index in [-0.39, 0.29) is 5.91 Å². The van der Waals surface area contributed by atoms with Crippen molar-refractivity contribution < 1.29 is 9.53 Å². The third-order valence-electron chi connectivity index (χ3n) is 3.17. The fourth-order valence-electron chi connectivity index (χ4n) is 1.96. The number of amides is 1. The van der Waals surface area contributed by atoms with Gasteiger partial charge in [-0.15, -0.1) is 22.0 Å². The summed E-state index contributed by atoms with van der Waals surface area (Å²) in [6, 6.07) is 14.7. The Hall–Kier alpha value is -2.09. The monoisotopic (exact) mass is 391 g/mol. The summed E-state index contributed by atoms with van der Waals surface area (Å²) in [7, 11) is 1.60. The van der Waals surface area contributed by atoms with Crippen LogP contribution in [0.15, 0.2) is 53.4 Å². The van der Waals surface area contributed by atoms with E-state index in [1.54, 1.807) is 43.1 Å². The maximum Gasteiger partial charge on any atom is 0.286 e. The maximum absolute atomic E-state index is 12.2. The lowest BCUT2D eigenvalue weighted by molar-refractivity contribution is 0.102. The number of hydrogen-bond acceptors (Lipinski definition) is 6. The number of anilines is 1. The van der Waals surface area contributed by atoms with E-state index >= 15 is 0 Å². The van der Waals surface area contributed by atoms with Gasteiger partial charge in [-0.2, -0.15) is 0 Å². The second kappa shape index (κ2) is 8.33. The molecule has 0 spiro atoms. The number of nitrogens with one attached hydrogen (secondary N) is 1. The molecule has 8 heteroatoms. The molecule has 1 amide bonds. The Balaban J connectivity index is 1.59. The minimum absolute atomic E-state index is 0.276. The van der Waals surface area contributed by atoms with E-state index in [9.17, 15) is 4.79 Å². The third kappa shape index (κ3) is 4.94. The Labute approximate surface area is 158 Å². The van der Waals surface area contributed by atoms with Crippen molar-refractivity contribution in [2.75, 3.05) is 12.4 Å². The van der Waals surface area contributed by atoms with Gasteiger partial charge in [0.25, 0.3) is 5.91 Å². The van der Waals surface area contributed by atoms with E-state index in [0.29, 0.717) is 21.5 Å². The first kappa shape index (κ1) is 17.7. The number of methoxy groups -OCH3 is 1. The van der Waals surface area contributed by atoms with Crippen molar-refractivity contribution in [3.05, 3.63) is 63.6 Å². The number of rotatable bonds is 6. The molecular weight excluding hydrogens is 378 g/mol. The summed E-state index contributed by atoms with van der Waals surface area (Å²) < 4.78 is 5.09. The number of carbonyl (C=O) groups is 1. The molecule has 0 fully saturated rings. The molecule has 1 N–H and O–H groups in total. The molecule has 0 aliphatic carbocycles. The van der Waals surface area contributed by atoms with Crippen LogP contribution in [-0.4, -0.2) is 23.2 Å². The van der Waals surface area contributed by atoms with Crippen LogP contribution in [-0.2, 0) is 5.75 Å². The molecule has 5 nitrogen and oxygen atoms in total. The lowest BCUT2D eigenvalue weighted by Crippen LogP contribution is -2.11. The van der Waals surface area contributed by atoms with Gasteiger partial charge in [0.05, 0.1) is 12.9 Å². The smallest absolute Gasteiger partial charge is 0.286 e. The van der Waals surface area contributed by atoms with Gasteiger partial charge in [-0.3, -0.25) is 4.79 Å². The number of nitrogens with zero attached hydrogens (tertiary/aromatic N) is 2. The van der Waals surface area contributed by atoms with Crippen LogP contribution in [0.5, 0.6) is 5.75 Å². The molecule has 0 atom stereocenters. The average Bonchev–Trinajstić information content (AvgIpc) is 3.10. The van der Waals surface area contributed by atoms with E-state index in [1.165, 1.54) is 11.3 Å². The van der Waals surface area contributed by atoms with Crippen LogP contribution in [0.1, 0.15) is 14.8 Å². The summed E-state index contributed by atoms with van der Waals surface area (Å²) in [4.78, 5) is 13.3. The van der Waals surface area contributed by atoms with Crippen molar-refractivity contribution in [1.29, 1.82) is 0 Å². The van der Waals surface area contributed by atoms with Gasteiger partial charge in [-0.25, -0.2) is 0 Å². The molecule has 2 aromatic carbocycles. The molecule has 1 heterocycles. The summed E-state index contributed by atoms with van der Waals surface area (Å²) in [6.07, 6.45) is 0. The van der Waals surface area contributed by atoms with Gasteiger partial charge < -0.3 is 10.1 Å². The number of hydrogen-bond donors (Lipinski definition) is 1. The van der Waals surface area contributed by atoms with Gasteiger partial charge >= 0.3 is 0 Å². The van der Waals surface area contributed by atoms with Crippen LogP contribution in [0.2, 0.25) is 5.02 Å². The highest BCUT2D eigenvalue weighted by Crippen LogP contribution is 2.26. The number of carbonyl (C=O) groups excluding carboxylic acids is 1. The summed E-state index contributed by atoms with van der Waals surface area (Å²) in [5, 5.41) is 12.6. The normalized spacial score (nSPS) is 10.5. The van der Waals surface area contributed by atoms with E-state index < -0.39 is 0 Å². The van der Waals surface area contributed by atoms with E-state index in [2.05, 4.69) is 15.5 Å². The quantitative estimate of drug-likeness (QED) is 0.614. The SMILES string of the molecule is COc1ccc(NC(=O)c2nnc(CSc3cccc(Cl)c3)s2)cc1. The molecule has 3 rings (SSSR count). The Bertz CT molecular complexity index is 868. The zero-order valence-electron chi connectivity index (χ0n) is 13.2. The number of thioether (sulfide) groups is 1. The van der Waals surface area contributed by atoms with Gasteiger partial charge in [0.1, 0.15) is 10.8 Å². The molecular formula is C17H14ClN3O2S2. The number of aromatic nitrogens is 2. The van der Waals surface area contributed by atoms with Crippen molar-refractivity contribution >= 4 is 46.3 Å². The molecule has 0 aliphatic heterocycles. The van der Waals surface area contributed by atoms with Crippen molar-refractivity contribution in [3.8, 4) is 5.75 Å². The van der Waals surface area contributed by atoms with Crippen molar-refractivity contribution in [1.82, 2.24) is 10.2 Å². The fraction of sp³-hybridized carbons (Fsp3) is 0.118. The number of ether oxygens (including phenoxy) is 1. The van der Waals surface area contributed by atoms with Crippen molar-refractivity contribution in [2.45, 2.75) is 10.6 Å². The van der Waals surface area contributed by atoms with Gasteiger partial charge in [0, 0.05) is 15.6 Å². The molecule has 0 bridgehead atoms. The van der Waals surface area contributed by atoms with Crippen LogP contribution in [0.4, 0.5) is 5.69 Å². The van der Waals surface area contributed by atoms with E-state index in [4.69, 9.17) is 16.3 Å². The van der Waals surface area contributed by atoms with Gasteiger partial charge in [0.2, 0.25) is 5.01 Å². The van der Waals surface area contributed by atoms with E-state index in [0.717, 1.165) is 15.7 Å². The van der Waals surface area contributed by atoms with Crippen LogP contribution in [0, 0.1) is 0 Å². The van der Waals surface area contributed by atoms with Crippen LogP contribution < -0.4 is 10.1 Å². The van der Waals surface area contributed by atoms with Crippen molar-refractivity contribution in [2.24, 2.45) is 0 Å². The second-order valence-corrected chi connectivity index (χ2v) is 7.48. The molecule has 0 unspecified atom stereocenters. The summed E-state index contributed by atoms with van der Waals surface area (Å²) >= 11 is 8.85. The van der Waals surface area contributed by atoms with Crippen LogP contribution in [0.3, 0.4) is 0 Å². The zero-order valence-corrected chi connectivity index (χ0v) is 15.6. The fourth-order valence-corrected chi connectivity index (χ4v) is 3.90.